The first-order chi connectivity index (χ1) is 9.03. The predicted octanol–water partition coefficient (Wildman–Crippen LogP) is 3.35. The van der Waals surface area contributed by atoms with Gasteiger partial charge in [0.25, 0.3) is 0 Å². The van der Waals surface area contributed by atoms with Crippen molar-refractivity contribution in [1.29, 1.82) is 0 Å². The molecule has 2 rings (SSSR count). The van der Waals surface area contributed by atoms with E-state index in [1.165, 1.54) is 4.90 Å². The average molecular weight is 293 g/mol. The van der Waals surface area contributed by atoms with Gasteiger partial charge in [-0.2, -0.15) is 0 Å². The van der Waals surface area contributed by atoms with E-state index < -0.39 is 10.0 Å². The SMILES string of the molecule is CS(=O)(=O)Nc1ccc(CSc2ccccc2)cc1. The summed E-state index contributed by atoms with van der Waals surface area (Å²) in [5, 5.41) is 0. The molecule has 0 bridgehead atoms. The highest BCUT2D eigenvalue weighted by molar-refractivity contribution is 7.98. The van der Waals surface area contributed by atoms with E-state index in [4.69, 9.17) is 0 Å². The van der Waals surface area contributed by atoms with Crippen molar-refractivity contribution in [2.75, 3.05) is 11.0 Å². The lowest BCUT2D eigenvalue weighted by atomic mass is 10.2. The van der Waals surface area contributed by atoms with Crippen LogP contribution < -0.4 is 4.72 Å². The molecule has 19 heavy (non-hydrogen) atoms. The Morgan fingerprint density at radius 3 is 2.21 bits per heavy atom. The van der Waals surface area contributed by atoms with E-state index >= 15 is 0 Å². The van der Waals surface area contributed by atoms with E-state index in [0.717, 1.165) is 17.6 Å². The largest absolute Gasteiger partial charge is 0.284 e. The third-order valence-corrected chi connectivity index (χ3v) is 4.10. The molecule has 0 aromatic heterocycles. The molecule has 0 aliphatic carbocycles. The van der Waals surface area contributed by atoms with Crippen molar-refractivity contribution in [3.8, 4) is 0 Å². The molecule has 2 aromatic carbocycles. The lowest BCUT2D eigenvalue weighted by molar-refractivity contribution is 0.607. The van der Waals surface area contributed by atoms with Crippen LogP contribution in [0.4, 0.5) is 5.69 Å². The summed E-state index contributed by atoms with van der Waals surface area (Å²) in [5.41, 5.74) is 1.75. The average Bonchev–Trinajstić information content (AvgIpc) is 2.37. The van der Waals surface area contributed by atoms with E-state index in [0.29, 0.717) is 5.69 Å². The highest BCUT2D eigenvalue weighted by Gasteiger charge is 2.01. The zero-order valence-corrected chi connectivity index (χ0v) is 12.2. The molecule has 0 fully saturated rings. The number of benzene rings is 2. The van der Waals surface area contributed by atoms with Gasteiger partial charge >= 0.3 is 0 Å². The standard InChI is InChI=1S/C14H15NO2S2/c1-19(16,17)15-13-9-7-12(8-10-13)11-18-14-5-3-2-4-6-14/h2-10,15H,11H2,1H3. The van der Waals surface area contributed by atoms with Gasteiger partial charge in [0, 0.05) is 16.3 Å². The Hall–Kier alpha value is -1.46. The zero-order valence-electron chi connectivity index (χ0n) is 10.5. The van der Waals surface area contributed by atoms with E-state index in [1.54, 1.807) is 23.9 Å². The first-order valence-electron chi connectivity index (χ1n) is 5.77. The van der Waals surface area contributed by atoms with Gasteiger partial charge in [0.1, 0.15) is 0 Å². The lowest BCUT2D eigenvalue weighted by Gasteiger charge is -2.05. The molecule has 1 N–H and O–H groups in total. The topological polar surface area (TPSA) is 46.2 Å². The molecule has 0 saturated heterocycles. The normalized spacial score (nSPS) is 11.2. The first-order valence-corrected chi connectivity index (χ1v) is 8.65. The monoisotopic (exact) mass is 293 g/mol. The van der Waals surface area contributed by atoms with Crippen LogP contribution in [0.5, 0.6) is 0 Å². The smallest absolute Gasteiger partial charge is 0.229 e. The van der Waals surface area contributed by atoms with Crippen LogP contribution in [-0.2, 0) is 15.8 Å². The minimum Gasteiger partial charge on any atom is -0.284 e. The zero-order chi connectivity index (χ0) is 13.7. The highest BCUT2D eigenvalue weighted by atomic mass is 32.2. The second kappa shape index (κ2) is 6.12. The molecule has 0 saturated carbocycles. The summed E-state index contributed by atoms with van der Waals surface area (Å²) in [6, 6.07) is 17.6. The number of anilines is 1. The van der Waals surface area contributed by atoms with Crippen molar-refractivity contribution in [2.45, 2.75) is 10.6 Å². The predicted molar refractivity (Wildman–Crippen MR) is 80.9 cm³/mol. The van der Waals surface area contributed by atoms with Crippen LogP contribution in [-0.4, -0.2) is 14.7 Å². The molecule has 0 spiro atoms. The van der Waals surface area contributed by atoms with Crippen LogP contribution in [0.3, 0.4) is 0 Å². The summed E-state index contributed by atoms with van der Waals surface area (Å²) in [4.78, 5) is 1.22. The van der Waals surface area contributed by atoms with Gasteiger partial charge in [0.15, 0.2) is 0 Å². The summed E-state index contributed by atoms with van der Waals surface area (Å²) < 4.78 is 24.6. The van der Waals surface area contributed by atoms with Gasteiger partial charge in [-0.1, -0.05) is 30.3 Å². The fourth-order valence-electron chi connectivity index (χ4n) is 1.57. The molecular weight excluding hydrogens is 278 g/mol. The van der Waals surface area contributed by atoms with Crippen molar-refractivity contribution >= 4 is 27.5 Å². The molecule has 0 unspecified atom stereocenters. The maximum Gasteiger partial charge on any atom is 0.229 e. The van der Waals surface area contributed by atoms with Gasteiger partial charge in [-0.25, -0.2) is 8.42 Å². The van der Waals surface area contributed by atoms with E-state index in [1.807, 2.05) is 30.3 Å². The number of hydrogen-bond donors (Lipinski definition) is 1. The van der Waals surface area contributed by atoms with Crippen LogP contribution in [0, 0.1) is 0 Å². The van der Waals surface area contributed by atoms with Crippen molar-refractivity contribution in [3.63, 3.8) is 0 Å². The second-order valence-electron chi connectivity index (χ2n) is 4.17. The van der Waals surface area contributed by atoms with Crippen molar-refractivity contribution < 1.29 is 8.42 Å². The quantitative estimate of drug-likeness (QED) is 0.860. The minimum absolute atomic E-state index is 0.593. The summed E-state index contributed by atoms with van der Waals surface area (Å²) in [7, 11) is -3.20. The Bertz CT molecular complexity index is 622. The number of rotatable bonds is 5. The van der Waals surface area contributed by atoms with Crippen molar-refractivity contribution in [2.24, 2.45) is 0 Å². The lowest BCUT2D eigenvalue weighted by Crippen LogP contribution is -2.09. The Balaban J connectivity index is 1.96. The Kier molecular flexibility index (Phi) is 4.50. The molecule has 0 amide bonds. The Morgan fingerprint density at radius 2 is 1.63 bits per heavy atom. The van der Waals surface area contributed by atoms with E-state index in [-0.39, 0.29) is 0 Å². The number of sulfonamides is 1. The molecule has 0 aliphatic heterocycles. The second-order valence-corrected chi connectivity index (χ2v) is 6.97. The molecule has 5 heteroatoms. The van der Waals surface area contributed by atoms with Crippen molar-refractivity contribution in [1.82, 2.24) is 0 Å². The third kappa shape index (κ3) is 4.96. The van der Waals surface area contributed by atoms with Crippen LogP contribution in [0.1, 0.15) is 5.56 Å². The summed E-state index contributed by atoms with van der Waals surface area (Å²) in [6.45, 7) is 0. The van der Waals surface area contributed by atoms with Gasteiger partial charge in [-0.15, -0.1) is 11.8 Å². The maximum atomic E-state index is 11.1. The number of hydrogen-bond acceptors (Lipinski definition) is 3. The molecule has 3 nitrogen and oxygen atoms in total. The molecule has 0 aliphatic rings. The van der Waals surface area contributed by atoms with Gasteiger partial charge in [-0.05, 0) is 29.8 Å². The molecule has 100 valence electrons. The number of thioether (sulfide) groups is 1. The molecule has 2 aromatic rings. The van der Waals surface area contributed by atoms with Gasteiger partial charge in [0.05, 0.1) is 6.26 Å². The molecule has 0 atom stereocenters. The van der Waals surface area contributed by atoms with Gasteiger partial charge in [-0.3, -0.25) is 4.72 Å². The Morgan fingerprint density at radius 1 is 1.00 bits per heavy atom. The molecule has 0 radical (unpaired) electrons. The summed E-state index contributed by atoms with van der Waals surface area (Å²) >= 11 is 1.75. The highest BCUT2D eigenvalue weighted by Crippen LogP contribution is 2.23. The first kappa shape index (κ1) is 14.0. The number of nitrogens with one attached hydrogen (secondary N) is 1. The molecular formula is C14H15NO2S2. The summed E-state index contributed by atoms with van der Waals surface area (Å²) in [5.74, 6) is 0.864. The fourth-order valence-corrected chi connectivity index (χ4v) is 3.01. The van der Waals surface area contributed by atoms with E-state index in [2.05, 4.69) is 16.9 Å². The van der Waals surface area contributed by atoms with Crippen molar-refractivity contribution in [3.05, 3.63) is 60.2 Å². The van der Waals surface area contributed by atoms with E-state index in [9.17, 15) is 8.42 Å². The van der Waals surface area contributed by atoms with Gasteiger partial charge in [0.2, 0.25) is 10.0 Å². The Labute approximate surface area is 118 Å². The van der Waals surface area contributed by atoms with Gasteiger partial charge < -0.3 is 0 Å². The summed E-state index contributed by atoms with van der Waals surface area (Å²) in [6.07, 6.45) is 1.15. The van der Waals surface area contributed by atoms with Crippen LogP contribution in [0.2, 0.25) is 0 Å². The molecule has 0 heterocycles. The van der Waals surface area contributed by atoms with Crippen LogP contribution in [0.15, 0.2) is 59.5 Å². The maximum absolute atomic E-state index is 11.1. The van der Waals surface area contributed by atoms with Crippen LogP contribution >= 0.6 is 11.8 Å². The van der Waals surface area contributed by atoms with Crippen LogP contribution in [0.25, 0.3) is 0 Å². The fraction of sp³-hybridized carbons (Fsp3) is 0.143. The third-order valence-electron chi connectivity index (χ3n) is 2.41. The minimum atomic E-state index is -3.20.